The molecular weight excluding hydrogens is 623 g/mol. The second-order valence-electron chi connectivity index (χ2n) is 15.4. The lowest BCUT2D eigenvalue weighted by Crippen LogP contribution is -2.46. The van der Waals surface area contributed by atoms with Gasteiger partial charge in [-0.15, -0.1) is 0 Å². The van der Waals surface area contributed by atoms with E-state index in [4.69, 9.17) is 9.05 Å². The van der Waals surface area contributed by atoms with Crippen LogP contribution in [0, 0.1) is 0 Å². The third-order valence-electron chi connectivity index (χ3n) is 9.36. The first-order chi connectivity index (χ1) is 23.0. The number of carbonyl (C=O) groups is 1. The number of nitrogens with zero attached hydrogens (tertiary/aromatic N) is 1. The standard InChI is InChI=1S/C39H81N2O6P/c1-6-8-10-12-14-16-18-19-20-21-23-24-26-28-30-32-38(42)37(36-47-48(44,45)46-35-34-41(3,4)5)40-39(43)33-31-29-27-25-22-17-15-13-11-9-7-2/h37-38,42H,6-36H2,1-5H3,(H-,40,43,44,45)/p+1/t37-,38+/m0/s1. The molecule has 1 amide bonds. The summed E-state index contributed by atoms with van der Waals surface area (Å²) in [6, 6.07) is -0.751. The van der Waals surface area contributed by atoms with Crippen molar-refractivity contribution >= 4 is 13.7 Å². The summed E-state index contributed by atoms with van der Waals surface area (Å²) >= 11 is 0. The topological polar surface area (TPSA) is 105 Å². The van der Waals surface area contributed by atoms with Gasteiger partial charge in [-0.25, -0.2) is 4.57 Å². The molecule has 0 fully saturated rings. The maximum Gasteiger partial charge on any atom is 0.472 e. The van der Waals surface area contributed by atoms with E-state index in [0.29, 0.717) is 23.9 Å². The maximum absolute atomic E-state index is 12.8. The van der Waals surface area contributed by atoms with Crippen LogP contribution in [0.5, 0.6) is 0 Å². The predicted octanol–water partition coefficient (Wildman–Crippen LogP) is 10.6. The SMILES string of the molecule is CCCCCCCCCCCCCCCCC[C@@H](O)[C@H](COP(=O)(O)OCC[N+](C)(C)C)NC(=O)CCCCCCCCCCCCC. The van der Waals surface area contributed by atoms with Gasteiger partial charge in [-0.1, -0.05) is 174 Å². The van der Waals surface area contributed by atoms with E-state index in [-0.39, 0.29) is 19.1 Å². The highest BCUT2D eigenvalue weighted by atomic mass is 31.2. The Morgan fingerprint density at radius 2 is 1.00 bits per heavy atom. The second-order valence-corrected chi connectivity index (χ2v) is 16.8. The van der Waals surface area contributed by atoms with Crippen LogP contribution in [0.3, 0.4) is 0 Å². The molecule has 1 unspecified atom stereocenters. The van der Waals surface area contributed by atoms with Gasteiger partial charge in [0, 0.05) is 6.42 Å². The molecule has 0 heterocycles. The van der Waals surface area contributed by atoms with E-state index < -0.39 is 20.0 Å². The molecule has 0 saturated heterocycles. The summed E-state index contributed by atoms with van der Waals surface area (Å²) in [5.41, 5.74) is 0. The third-order valence-corrected chi connectivity index (χ3v) is 10.3. The number of rotatable bonds is 37. The molecule has 48 heavy (non-hydrogen) atoms. The largest absolute Gasteiger partial charge is 0.472 e. The molecule has 0 rings (SSSR count). The second kappa shape index (κ2) is 32.4. The monoisotopic (exact) mass is 706 g/mol. The summed E-state index contributed by atoms with van der Waals surface area (Å²) in [5.74, 6) is -0.145. The van der Waals surface area contributed by atoms with E-state index in [1.165, 1.54) is 128 Å². The fourth-order valence-corrected chi connectivity index (χ4v) is 6.78. The molecule has 0 aliphatic carbocycles. The van der Waals surface area contributed by atoms with Gasteiger partial charge in [0.05, 0.1) is 39.9 Å². The van der Waals surface area contributed by atoms with Crippen LogP contribution in [0.15, 0.2) is 0 Å². The van der Waals surface area contributed by atoms with Gasteiger partial charge in [0.1, 0.15) is 13.2 Å². The van der Waals surface area contributed by atoms with Gasteiger partial charge in [0.15, 0.2) is 0 Å². The molecule has 0 aromatic carbocycles. The molecule has 0 saturated carbocycles. The van der Waals surface area contributed by atoms with Gasteiger partial charge in [-0.2, -0.15) is 0 Å². The minimum atomic E-state index is -4.30. The Balaban J connectivity index is 4.40. The summed E-state index contributed by atoms with van der Waals surface area (Å²) < 4.78 is 23.5. The average molecular weight is 706 g/mol. The lowest BCUT2D eigenvalue weighted by Gasteiger charge is -2.26. The summed E-state index contributed by atoms with van der Waals surface area (Å²) in [6.07, 6.45) is 32.6. The number of nitrogens with one attached hydrogen (secondary N) is 1. The van der Waals surface area contributed by atoms with Gasteiger partial charge in [0.25, 0.3) is 0 Å². The smallest absolute Gasteiger partial charge is 0.391 e. The molecular formula is C39H82N2O6P+. The van der Waals surface area contributed by atoms with Crippen molar-refractivity contribution in [3.05, 3.63) is 0 Å². The molecule has 0 aliphatic heterocycles. The molecule has 0 aromatic rings. The molecule has 3 atom stereocenters. The number of unbranched alkanes of at least 4 members (excludes halogenated alkanes) is 24. The van der Waals surface area contributed by atoms with Crippen molar-refractivity contribution in [1.29, 1.82) is 0 Å². The first kappa shape index (κ1) is 47.5. The number of hydrogen-bond acceptors (Lipinski definition) is 5. The zero-order valence-electron chi connectivity index (χ0n) is 32.5. The van der Waals surface area contributed by atoms with Crippen molar-refractivity contribution in [2.75, 3.05) is 40.9 Å². The highest BCUT2D eigenvalue weighted by Crippen LogP contribution is 2.43. The number of aliphatic hydroxyl groups excluding tert-OH is 1. The Kier molecular flexibility index (Phi) is 32.1. The minimum absolute atomic E-state index is 0.0782. The van der Waals surface area contributed by atoms with Gasteiger partial charge in [0.2, 0.25) is 5.91 Å². The number of phosphoric acid groups is 1. The summed E-state index contributed by atoms with van der Waals surface area (Å²) in [5, 5.41) is 13.9. The van der Waals surface area contributed by atoms with E-state index in [1.807, 2.05) is 21.1 Å². The van der Waals surface area contributed by atoms with Gasteiger partial charge < -0.3 is 19.8 Å². The highest BCUT2D eigenvalue weighted by Gasteiger charge is 2.28. The average Bonchev–Trinajstić information content (AvgIpc) is 3.02. The van der Waals surface area contributed by atoms with Crippen LogP contribution in [0.25, 0.3) is 0 Å². The van der Waals surface area contributed by atoms with Crippen molar-refractivity contribution in [2.24, 2.45) is 0 Å². The number of aliphatic hydroxyl groups is 1. The normalized spacial score (nSPS) is 14.6. The number of likely N-dealkylation sites (N-methyl/N-ethyl adjacent to an activating group) is 1. The Morgan fingerprint density at radius 1 is 0.625 bits per heavy atom. The molecule has 0 aliphatic rings. The molecule has 3 N–H and O–H groups in total. The van der Waals surface area contributed by atoms with Crippen LogP contribution in [-0.4, -0.2) is 73.4 Å². The van der Waals surface area contributed by atoms with E-state index in [9.17, 15) is 19.4 Å². The first-order valence-corrected chi connectivity index (χ1v) is 21.9. The zero-order chi connectivity index (χ0) is 35.8. The Morgan fingerprint density at radius 3 is 1.40 bits per heavy atom. The lowest BCUT2D eigenvalue weighted by molar-refractivity contribution is -0.870. The van der Waals surface area contributed by atoms with Crippen molar-refractivity contribution in [2.45, 2.75) is 206 Å². The molecule has 0 aromatic heterocycles. The lowest BCUT2D eigenvalue weighted by atomic mass is 10.0. The van der Waals surface area contributed by atoms with Gasteiger partial charge >= 0.3 is 7.82 Å². The van der Waals surface area contributed by atoms with Crippen molar-refractivity contribution in [1.82, 2.24) is 5.32 Å². The van der Waals surface area contributed by atoms with E-state index in [1.54, 1.807) is 0 Å². The Hall–Kier alpha value is -0.500. The summed E-state index contributed by atoms with van der Waals surface area (Å²) in [7, 11) is 1.62. The molecule has 288 valence electrons. The minimum Gasteiger partial charge on any atom is -0.391 e. The number of hydrogen-bond donors (Lipinski definition) is 3. The van der Waals surface area contributed by atoms with Crippen LogP contribution in [0.2, 0.25) is 0 Å². The van der Waals surface area contributed by atoms with Crippen LogP contribution < -0.4 is 5.32 Å². The highest BCUT2D eigenvalue weighted by molar-refractivity contribution is 7.47. The predicted molar refractivity (Wildman–Crippen MR) is 203 cm³/mol. The van der Waals surface area contributed by atoms with Crippen LogP contribution in [-0.2, 0) is 18.4 Å². The quantitative estimate of drug-likeness (QED) is 0.0338. The van der Waals surface area contributed by atoms with E-state index >= 15 is 0 Å². The van der Waals surface area contributed by atoms with Crippen molar-refractivity contribution < 1.29 is 32.9 Å². The fraction of sp³-hybridized carbons (Fsp3) is 0.974. The molecule has 0 bridgehead atoms. The summed E-state index contributed by atoms with van der Waals surface area (Å²) in [6.45, 7) is 4.88. The molecule has 0 radical (unpaired) electrons. The first-order valence-electron chi connectivity index (χ1n) is 20.4. The van der Waals surface area contributed by atoms with Crippen LogP contribution in [0.1, 0.15) is 194 Å². The van der Waals surface area contributed by atoms with E-state index in [2.05, 4.69) is 19.2 Å². The molecule has 9 heteroatoms. The number of phosphoric ester groups is 1. The Bertz CT molecular complexity index is 763. The number of amides is 1. The maximum atomic E-state index is 12.8. The van der Waals surface area contributed by atoms with Crippen LogP contribution >= 0.6 is 7.82 Å². The van der Waals surface area contributed by atoms with Gasteiger partial charge in [-0.3, -0.25) is 13.8 Å². The van der Waals surface area contributed by atoms with Crippen molar-refractivity contribution in [3.8, 4) is 0 Å². The van der Waals surface area contributed by atoms with Crippen LogP contribution in [0.4, 0.5) is 0 Å². The number of quaternary nitrogens is 1. The molecule has 8 nitrogen and oxygen atoms in total. The number of carbonyl (C=O) groups excluding carboxylic acids is 1. The fourth-order valence-electron chi connectivity index (χ4n) is 6.05. The third kappa shape index (κ3) is 34.0. The zero-order valence-corrected chi connectivity index (χ0v) is 33.4. The van der Waals surface area contributed by atoms with E-state index in [0.717, 1.165) is 38.5 Å². The Labute approximate surface area is 298 Å². The van der Waals surface area contributed by atoms with Crippen molar-refractivity contribution in [3.63, 3.8) is 0 Å². The molecule has 0 spiro atoms. The summed E-state index contributed by atoms with van der Waals surface area (Å²) in [4.78, 5) is 23.0. The van der Waals surface area contributed by atoms with Gasteiger partial charge in [-0.05, 0) is 12.8 Å².